The van der Waals surface area contributed by atoms with Crippen molar-refractivity contribution in [1.82, 2.24) is 19.9 Å². The minimum Gasteiger partial charge on any atom is -0.349 e. The maximum absolute atomic E-state index is 14.0. The fraction of sp³-hybridized carbons (Fsp3) is 0.265. The predicted octanol–water partition coefficient (Wildman–Crippen LogP) is 5.06. The minimum absolute atomic E-state index is 0.0221. The Bertz CT molecular complexity index is 1650. The summed E-state index contributed by atoms with van der Waals surface area (Å²) in [6, 6.07) is 28.2. The number of carbonyl (C=O) groups is 2. The first kappa shape index (κ1) is 31.4. The van der Waals surface area contributed by atoms with E-state index in [9.17, 15) is 18.0 Å². The summed E-state index contributed by atoms with van der Waals surface area (Å²) in [5.41, 5.74) is 3.31. The van der Waals surface area contributed by atoms with Gasteiger partial charge in [-0.2, -0.15) is 0 Å². The number of rotatable bonds is 14. The van der Waals surface area contributed by atoms with Crippen molar-refractivity contribution in [2.24, 2.45) is 0 Å². The molecule has 0 bridgehead atoms. The molecule has 1 atom stereocenters. The minimum atomic E-state index is -3.56. The second-order valence-electron chi connectivity index (χ2n) is 10.9. The van der Waals surface area contributed by atoms with Gasteiger partial charge in [0, 0.05) is 36.6 Å². The quantitative estimate of drug-likeness (QED) is 0.202. The number of amides is 2. The molecule has 44 heavy (non-hydrogen) atoms. The molecule has 5 rings (SSSR count). The Kier molecular flexibility index (Phi) is 10.4. The molecule has 1 fully saturated rings. The number of hydrogen-bond donors (Lipinski definition) is 2. The van der Waals surface area contributed by atoms with E-state index in [1.54, 1.807) is 47.5 Å². The standard InChI is InChI=1S/C34H35ClN4O4S/c35-28-14-9-27(10-15-28)24-39(33(40)20-13-25-11-18-31(19-12-25)44(42,43)38-29-16-17-29)32(22-26-6-2-1-3-7-26)34(41)37-23-30-8-4-5-21-36-30/h1-12,14-15,18-19,21,29,32,38H,13,16-17,20,22-24H2,(H,37,41). The molecule has 0 aliphatic heterocycles. The lowest BCUT2D eigenvalue weighted by Crippen LogP contribution is -2.50. The number of hydrogen-bond acceptors (Lipinski definition) is 5. The molecule has 228 valence electrons. The predicted molar refractivity (Wildman–Crippen MR) is 170 cm³/mol. The van der Waals surface area contributed by atoms with Gasteiger partial charge in [0.15, 0.2) is 0 Å². The van der Waals surface area contributed by atoms with Gasteiger partial charge in [0.05, 0.1) is 17.1 Å². The zero-order chi connectivity index (χ0) is 30.9. The molecule has 2 amide bonds. The Labute approximate surface area is 263 Å². The highest BCUT2D eigenvalue weighted by Crippen LogP contribution is 2.23. The van der Waals surface area contributed by atoms with Crippen LogP contribution < -0.4 is 10.0 Å². The van der Waals surface area contributed by atoms with Crippen molar-refractivity contribution in [3.63, 3.8) is 0 Å². The van der Waals surface area contributed by atoms with E-state index < -0.39 is 16.1 Å². The molecule has 8 nitrogen and oxygen atoms in total. The number of benzene rings is 3. The van der Waals surface area contributed by atoms with E-state index in [2.05, 4.69) is 15.0 Å². The van der Waals surface area contributed by atoms with Gasteiger partial charge in [-0.3, -0.25) is 14.6 Å². The second kappa shape index (κ2) is 14.6. The lowest BCUT2D eigenvalue weighted by Gasteiger charge is -2.31. The molecule has 1 unspecified atom stereocenters. The molecule has 0 saturated heterocycles. The van der Waals surface area contributed by atoms with Crippen LogP contribution in [0, 0.1) is 0 Å². The van der Waals surface area contributed by atoms with E-state index in [1.807, 2.05) is 60.7 Å². The van der Waals surface area contributed by atoms with E-state index in [0.29, 0.717) is 23.6 Å². The van der Waals surface area contributed by atoms with Crippen LogP contribution in [0.5, 0.6) is 0 Å². The Morgan fingerprint density at radius 1 is 0.864 bits per heavy atom. The third kappa shape index (κ3) is 8.98. The monoisotopic (exact) mass is 630 g/mol. The van der Waals surface area contributed by atoms with Crippen LogP contribution in [0.4, 0.5) is 0 Å². The normalized spacial score (nSPS) is 13.7. The summed E-state index contributed by atoms with van der Waals surface area (Å²) in [5.74, 6) is -0.472. The molecule has 4 aromatic rings. The molecule has 0 radical (unpaired) electrons. The number of nitrogens with one attached hydrogen (secondary N) is 2. The lowest BCUT2D eigenvalue weighted by molar-refractivity contribution is -0.141. The Balaban J connectivity index is 1.36. The van der Waals surface area contributed by atoms with Gasteiger partial charge in [-0.15, -0.1) is 0 Å². The Morgan fingerprint density at radius 3 is 2.20 bits per heavy atom. The summed E-state index contributed by atoms with van der Waals surface area (Å²) in [5, 5.41) is 3.56. The van der Waals surface area contributed by atoms with Crippen LogP contribution >= 0.6 is 11.6 Å². The molecule has 1 aromatic heterocycles. The molecule has 10 heteroatoms. The highest BCUT2D eigenvalue weighted by atomic mass is 35.5. The van der Waals surface area contributed by atoms with E-state index in [1.165, 1.54) is 0 Å². The number of nitrogens with zero attached hydrogens (tertiary/aromatic N) is 2. The molecule has 3 aromatic carbocycles. The average molecular weight is 631 g/mol. The van der Waals surface area contributed by atoms with Crippen molar-refractivity contribution in [2.45, 2.75) is 62.2 Å². The maximum atomic E-state index is 14.0. The van der Waals surface area contributed by atoms with Gasteiger partial charge in [-0.05, 0) is 72.4 Å². The first-order valence-corrected chi connectivity index (χ1v) is 16.5. The van der Waals surface area contributed by atoms with Crippen LogP contribution in [0.3, 0.4) is 0 Å². The molecule has 1 heterocycles. The third-order valence-corrected chi connectivity index (χ3v) is 9.26. The van der Waals surface area contributed by atoms with Gasteiger partial charge in [0.1, 0.15) is 6.04 Å². The van der Waals surface area contributed by atoms with Crippen molar-refractivity contribution < 1.29 is 18.0 Å². The molecular weight excluding hydrogens is 596 g/mol. The van der Waals surface area contributed by atoms with Gasteiger partial charge in [-0.1, -0.05) is 72.3 Å². The van der Waals surface area contributed by atoms with Crippen LogP contribution in [0.2, 0.25) is 5.02 Å². The van der Waals surface area contributed by atoms with Gasteiger partial charge in [-0.25, -0.2) is 13.1 Å². The number of halogens is 1. The smallest absolute Gasteiger partial charge is 0.243 e. The van der Waals surface area contributed by atoms with E-state index in [-0.39, 0.29) is 42.3 Å². The van der Waals surface area contributed by atoms with Crippen LogP contribution in [-0.4, -0.2) is 42.2 Å². The summed E-state index contributed by atoms with van der Waals surface area (Å²) >= 11 is 6.12. The topological polar surface area (TPSA) is 108 Å². The van der Waals surface area contributed by atoms with Crippen LogP contribution in [0.25, 0.3) is 0 Å². The summed E-state index contributed by atoms with van der Waals surface area (Å²) in [7, 11) is -3.56. The SMILES string of the molecule is O=C(NCc1ccccn1)C(Cc1ccccc1)N(Cc1ccc(Cl)cc1)C(=O)CCc1ccc(S(=O)(=O)NC2CC2)cc1. The zero-order valence-electron chi connectivity index (χ0n) is 24.2. The lowest BCUT2D eigenvalue weighted by atomic mass is 10.0. The first-order valence-electron chi connectivity index (χ1n) is 14.6. The number of aromatic nitrogens is 1. The highest BCUT2D eigenvalue weighted by molar-refractivity contribution is 7.89. The zero-order valence-corrected chi connectivity index (χ0v) is 25.8. The van der Waals surface area contributed by atoms with Crippen molar-refractivity contribution in [1.29, 1.82) is 0 Å². The highest BCUT2D eigenvalue weighted by Gasteiger charge is 2.31. The fourth-order valence-corrected chi connectivity index (χ4v) is 6.29. The maximum Gasteiger partial charge on any atom is 0.243 e. The summed E-state index contributed by atoms with van der Waals surface area (Å²) in [6.45, 7) is 0.452. The average Bonchev–Trinajstić information content (AvgIpc) is 3.86. The van der Waals surface area contributed by atoms with Gasteiger partial charge in [0.25, 0.3) is 0 Å². The van der Waals surface area contributed by atoms with Crippen molar-refractivity contribution in [2.75, 3.05) is 0 Å². The van der Waals surface area contributed by atoms with Crippen molar-refractivity contribution >= 4 is 33.4 Å². The van der Waals surface area contributed by atoms with E-state index >= 15 is 0 Å². The van der Waals surface area contributed by atoms with E-state index in [4.69, 9.17) is 11.6 Å². The third-order valence-electron chi connectivity index (χ3n) is 7.47. The number of aryl methyl sites for hydroxylation is 1. The van der Waals surface area contributed by atoms with Gasteiger partial charge >= 0.3 is 0 Å². The summed E-state index contributed by atoms with van der Waals surface area (Å²) < 4.78 is 27.8. The number of carbonyl (C=O) groups excluding carboxylic acids is 2. The molecule has 1 saturated carbocycles. The molecular formula is C34H35ClN4O4S. The second-order valence-corrected chi connectivity index (χ2v) is 13.1. The van der Waals surface area contributed by atoms with E-state index in [0.717, 1.165) is 29.5 Å². The largest absolute Gasteiger partial charge is 0.349 e. The molecule has 0 spiro atoms. The molecule has 1 aliphatic carbocycles. The molecule has 2 N–H and O–H groups in total. The first-order chi connectivity index (χ1) is 21.3. The number of sulfonamides is 1. The Morgan fingerprint density at radius 2 is 1.55 bits per heavy atom. The summed E-state index contributed by atoms with van der Waals surface area (Å²) in [6.07, 6.45) is 4.25. The van der Waals surface area contributed by atoms with Crippen molar-refractivity contribution in [3.8, 4) is 0 Å². The van der Waals surface area contributed by atoms with Crippen LogP contribution in [-0.2, 0) is 45.5 Å². The van der Waals surface area contributed by atoms with Crippen LogP contribution in [0.15, 0.2) is 108 Å². The molecule has 1 aliphatic rings. The summed E-state index contributed by atoms with van der Waals surface area (Å²) in [4.78, 5) is 33.9. The van der Waals surface area contributed by atoms with Gasteiger partial charge < -0.3 is 10.2 Å². The van der Waals surface area contributed by atoms with Gasteiger partial charge in [0.2, 0.25) is 21.8 Å². The number of pyridine rings is 1. The van der Waals surface area contributed by atoms with Crippen molar-refractivity contribution in [3.05, 3.63) is 131 Å². The fourth-order valence-electron chi connectivity index (χ4n) is 4.86. The van der Waals surface area contributed by atoms with Crippen LogP contribution in [0.1, 0.15) is 41.6 Å². The Hall–Kier alpha value is -4.05.